The van der Waals surface area contributed by atoms with Crippen molar-refractivity contribution in [1.29, 1.82) is 0 Å². The van der Waals surface area contributed by atoms with Gasteiger partial charge >= 0.3 is 23.9 Å². The number of hydrogen-bond acceptors (Lipinski definition) is 12. The summed E-state index contributed by atoms with van der Waals surface area (Å²) in [4.78, 5) is 47.0. The van der Waals surface area contributed by atoms with Crippen LogP contribution >= 0.6 is 0 Å². The lowest BCUT2D eigenvalue weighted by Gasteiger charge is -2.43. The highest BCUT2D eigenvalue weighted by Gasteiger charge is 2.53. The molecular weight excluding hydrogens is 444 g/mol. The van der Waals surface area contributed by atoms with Gasteiger partial charge in [-0.3, -0.25) is 19.2 Å². The number of esters is 4. The first-order valence-electron chi connectivity index (χ1n) is 10.3. The molecule has 0 N–H and O–H groups in total. The molecule has 0 saturated carbocycles. The molecule has 2 aliphatic rings. The molecule has 12 heteroatoms. The molecule has 0 aliphatic carbocycles. The summed E-state index contributed by atoms with van der Waals surface area (Å²) in [5.74, 6) is -2.14. The molecular formula is C21H26O12. The molecule has 0 spiro atoms. The standard InChI is InChI=1S/C21H26O12/c1-10(22)28-9-16-18(29-11(2)23)20(31-13(4)25)19(30-12(3)24)17(33-16)14-5-6-15(32-14)21-26-7-8-27-21/h5-6,16-21H,7-9H2,1-4H3/t16-,17+,18-,19+,20+/m1/s1. The smallest absolute Gasteiger partial charge is 0.303 e. The topological polar surface area (TPSA) is 146 Å². The fourth-order valence-electron chi connectivity index (χ4n) is 3.63. The Balaban J connectivity index is 1.99. The zero-order valence-electron chi connectivity index (χ0n) is 18.6. The molecule has 3 heterocycles. The van der Waals surface area contributed by atoms with Crippen LogP contribution in [-0.4, -0.2) is 68.1 Å². The van der Waals surface area contributed by atoms with Crippen LogP contribution in [0.2, 0.25) is 0 Å². The van der Waals surface area contributed by atoms with Crippen LogP contribution in [0.4, 0.5) is 0 Å². The van der Waals surface area contributed by atoms with E-state index in [1.54, 1.807) is 12.1 Å². The Morgan fingerprint density at radius 3 is 1.91 bits per heavy atom. The Morgan fingerprint density at radius 1 is 0.788 bits per heavy atom. The predicted octanol–water partition coefficient (Wildman–Crippen LogP) is 1.12. The highest BCUT2D eigenvalue weighted by atomic mass is 16.7. The van der Waals surface area contributed by atoms with E-state index in [1.165, 1.54) is 13.8 Å². The van der Waals surface area contributed by atoms with E-state index in [-0.39, 0.29) is 12.4 Å². The van der Waals surface area contributed by atoms with Gasteiger partial charge in [0.25, 0.3) is 0 Å². The monoisotopic (exact) mass is 470 g/mol. The Bertz CT molecular complexity index is 870. The molecule has 0 unspecified atom stereocenters. The van der Waals surface area contributed by atoms with Gasteiger partial charge in [0.05, 0.1) is 13.2 Å². The molecule has 182 valence electrons. The summed E-state index contributed by atoms with van der Waals surface area (Å²) < 4.78 is 44.0. The third-order valence-corrected chi connectivity index (χ3v) is 4.77. The van der Waals surface area contributed by atoms with Crippen LogP contribution in [0.1, 0.15) is 51.6 Å². The minimum absolute atomic E-state index is 0.210. The molecule has 2 saturated heterocycles. The highest BCUT2D eigenvalue weighted by molar-refractivity contribution is 5.68. The molecule has 2 fully saturated rings. The Labute approximate surface area is 189 Å². The molecule has 0 amide bonds. The van der Waals surface area contributed by atoms with Crippen LogP contribution in [0.25, 0.3) is 0 Å². The lowest BCUT2D eigenvalue weighted by atomic mass is 9.93. The van der Waals surface area contributed by atoms with Crippen molar-refractivity contribution in [3.63, 3.8) is 0 Å². The fourth-order valence-corrected chi connectivity index (χ4v) is 3.63. The van der Waals surface area contributed by atoms with Crippen molar-refractivity contribution in [2.75, 3.05) is 19.8 Å². The zero-order chi connectivity index (χ0) is 24.1. The van der Waals surface area contributed by atoms with E-state index in [9.17, 15) is 19.2 Å². The van der Waals surface area contributed by atoms with Crippen molar-refractivity contribution in [2.24, 2.45) is 0 Å². The summed E-state index contributed by atoms with van der Waals surface area (Å²) in [6, 6.07) is 3.18. The van der Waals surface area contributed by atoms with Gasteiger partial charge < -0.3 is 37.6 Å². The number of carbonyl (C=O) groups excluding carboxylic acids is 4. The van der Waals surface area contributed by atoms with Crippen molar-refractivity contribution in [3.05, 3.63) is 23.7 Å². The number of ether oxygens (including phenoxy) is 7. The van der Waals surface area contributed by atoms with E-state index in [0.29, 0.717) is 19.0 Å². The molecule has 0 bridgehead atoms. The van der Waals surface area contributed by atoms with Crippen LogP contribution in [0, 0.1) is 0 Å². The van der Waals surface area contributed by atoms with E-state index in [4.69, 9.17) is 37.6 Å². The Kier molecular flexibility index (Phi) is 8.06. The van der Waals surface area contributed by atoms with Gasteiger partial charge in [-0.15, -0.1) is 0 Å². The maximum absolute atomic E-state index is 11.9. The van der Waals surface area contributed by atoms with Crippen molar-refractivity contribution >= 4 is 23.9 Å². The van der Waals surface area contributed by atoms with E-state index >= 15 is 0 Å². The predicted molar refractivity (Wildman–Crippen MR) is 104 cm³/mol. The van der Waals surface area contributed by atoms with Crippen LogP contribution < -0.4 is 0 Å². The Hall–Kier alpha value is -2.96. The summed E-state index contributed by atoms with van der Waals surface area (Å²) in [5, 5.41) is 0. The van der Waals surface area contributed by atoms with Gasteiger partial charge in [-0.1, -0.05) is 0 Å². The van der Waals surface area contributed by atoms with Crippen LogP contribution in [-0.2, 0) is 52.3 Å². The molecule has 1 aromatic rings. The summed E-state index contributed by atoms with van der Waals surface area (Å²) in [5.41, 5.74) is 0. The zero-order valence-corrected chi connectivity index (χ0v) is 18.6. The summed E-state index contributed by atoms with van der Waals surface area (Å²) in [6.07, 6.45) is -6.62. The molecule has 12 nitrogen and oxygen atoms in total. The molecule has 1 aromatic heterocycles. The third kappa shape index (κ3) is 6.30. The second-order valence-corrected chi connectivity index (χ2v) is 7.43. The van der Waals surface area contributed by atoms with E-state index < -0.39 is 60.7 Å². The molecule has 5 atom stereocenters. The van der Waals surface area contributed by atoms with Crippen LogP contribution in [0.5, 0.6) is 0 Å². The second-order valence-electron chi connectivity index (χ2n) is 7.43. The first kappa shape index (κ1) is 24.7. The van der Waals surface area contributed by atoms with Gasteiger partial charge in [0.15, 0.2) is 30.2 Å². The Morgan fingerprint density at radius 2 is 1.33 bits per heavy atom. The highest BCUT2D eigenvalue weighted by Crippen LogP contribution is 2.39. The normalized spacial score (nSPS) is 27.6. The second kappa shape index (κ2) is 10.8. The molecule has 2 aliphatic heterocycles. The van der Waals surface area contributed by atoms with Crippen molar-refractivity contribution < 1.29 is 56.8 Å². The fraction of sp³-hybridized carbons (Fsp3) is 0.619. The first-order valence-corrected chi connectivity index (χ1v) is 10.3. The minimum atomic E-state index is -1.28. The van der Waals surface area contributed by atoms with Gasteiger partial charge in [0.2, 0.25) is 6.29 Å². The summed E-state index contributed by atoms with van der Waals surface area (Å²) in [7, 11) is 0. The van der Waals surface area contributed by atoms with Gasteiger partial charge in [0.1, 0.15) is 18.5 Å². The van der Waals surface area contributed by atoms with E-state index in [2.05, 4.69) is 0 Å². The number of carbonyl (C=O) groups is 4. The largest absolute Gasteiger partial charge is 0.463 e. The maximum Gasteiger partial charge on any atom is 0.303 e. The first-order chi connectivity index (χ1) is 15.7. The van der Waals surface area contributed by atoms with Crippen molar-refractivity contribution in [1.82, 2.24) is 0 Å². The molecule has 0 aromatic carbocycles. The van der Waals surface area contributed by atoms with Crippen LogP contribution in [0.15, 0.2) is 16.5 Å². The summed E-state index contributed by atoms with van der Waals surface area (Å²) >= 11 is 0. The van der Waals surface area contributed by atoms with Gasteiger partial charge in [-0.2, -0.15) is 0 Å². The van der Waals surface area contributed by atoms with Crippen LogP contribution in [0.3, 0.4) is 0 Å². The number of furan rings is 1. The van der Waals surface area contributed by atoms with Gasteiger partial charge in [0, 0.05) is 27.7 Å². The van der Waals surface area contributed by atoms with Gasteiger partial charge in [-0.05, 0) is 12.1 Å². The number of rotatable bonds is 7. The molecule has 3 rings (SSSR count). The average molecular weight is 470 g/mol. The SMILES string of the molecule is CC(=O)OC[C@H]1O[C@@H](c2ccc(C3OCCO3)o2)[C@H](OC(C)=O)[C@@H](OC(C)=O)[C@@H]1OC(C)=O. The van der Waals surface area contributed by atoms with Gasteiger partial charge in [-0.25, -0.2) is 0 Å². The van der Waals surface area contributed by atoms with Crippen molar-refractivity contribution in [2.45, 2.75) is 64.5 Å². The van der Waals surface area contributed by atoms with Crippen molar-refractivity contribution in [3.8, 4) is 0 Å². The quantitative estimate of drug-likeness (QED) is 0.416. The lowest BCUT2D eigenvalue weighted by Crippen LogP contribution is -2.59. The van der Waals surface area contributed by atoms with E-state index in [0.717, 1.165) is 13.8 Å². The molecule has 0 radical (unpaired) electrons. The average Bonchev–Trinajstić information content (AvgIpc) is 3.40. The third-order valence-electron chi connectivity index (χ3n) is 4.77. The number of hydrogen-bond donors (Lipinski definition) is 0. The minimum Gasteiger partial charge on any atom is -0.463 e. The maximum atomic E-state index is 11.9. The summed E-state index contributed by atoms with van der Waals surface area (Å²) in [6.45, 7) is 5.16. The molecule has 33 heavy (non-hydrogen) atoms. The van der Waals surface area contributed by atoms with E-state index in [1.807, 2.05) is 0 Å². The lowest BCUT2D eigenvalue weighted by molar-refractivity contribution is -0.257.